The quantitative estimate of drug-likeness (QED) is 0.710. The summed E-state index contributed by atoms with van der Waals surface area (Å²) in [5, 5.41) is 4.51. The zero-order valence-corrected chi connectivity index (χ0v) is 7.69. The van der Waals surface area contributed by atoms with Crippen LogP contribution in [-0.4, -0.2) is 8.42 Å². The fourth-order valence-corrected chi connectivity index (χ4v) is 1.10. The van der Waals surface area contributed by atoms with Gasteiger partial charge in [0.25, 0.3) is 10.0 Å². The molecule has 0 bridgehead atoms. The van der Waals surface area contributed by atoms with E-state index in [2.05, 4.69) is 0 Å². The lowest BCUT2D eigenvalue weighted by Gasteiger charge is -1.89. The fraction of sp³-hybridized carbons (Fsp3) is 0.200. The van der Waals surface area contributed by atoms with Gasteiger partial charge in [-0.1, -0.05) is 0 Å². The Morgan fingerprint density at radius 1 is 1.42 bits per heavy atom. The van der Waals surface area contributed by atoms with Gasteiger partial charge in [-0.2, -0.15) is 0 Å². The van der Waals surface area contributed by atoms with Gasteiger partial charge in [0.05, 0.1) is 6.54 Å². The number of furan rings is 1. The molecule has 0 spiro atoms. The highest BCUT2D eigenvalue weighted by atomic mass is 35.5. The molecule has 1 heterocycles. The smallest absolute Gasteiger partial charge is 0.271 e. The van der Waals surface area contributed by atoms with Crippen molar-refractivity contribution in [2.24, 2.45) is 10.9 Å². The summed E-state index contributed by atoms with van der Waals surface area (Å²) < 4.78 is 26.0. The second-order valence-corrected chi connectivity index (χ2v) is 3.46. The molecule has 0 fully saturated rings. The maximum absolute atomic E-state index is 10.6. The van der Waals surface area contributed by atoms with Gasteiger partial charge in [0.1, 0.15) is 5.76 Å². The monoisotopic (exact) mass is 212 g/mol. The van der Waals surface area contributed by atoms with Crippen LogP contribution < -0.4 is 10.9 Å². The van der Waals surface area contributed by atoms with Gasteiger partial charge in [0, 0.05) is 0 Å². The van der Waals surface area contributed by atoms with Crippen LogP contribution in [0.2, 0.25) is 0 Å². The lowest BCUT2D eigenvalue weighted by Crippen LogP contribution is -2.10. The molecule has 1 rings (SSSR count). The number of sulfonamides is 1. The van der Waals surface area contributed by atoms with E-state index < -0.39 is 10.0 Å². The Kier molecular flexibility index (Phi) is 3.72. The lowest BCUT2D eigenvalue weighted by molar-refractivity contribution is 0.416. The van der Waals surface area contributed by atoms with Crippen LogP contribution in [0.5, 0.6) is 0 Å². The number of nitrogens with two attached hydrogens (primary N) is 2. The van der Waals surface area contributed by atoms with Gasteiger partial charge in [0.15, 0.2) is 0 Å². The van der Waals surface area contributed by atoms with Crippen molar-refractivity contribution in [3.05, 3.63) is 17.9 Å². The van der Waals surface area contributed by atoms with E-state index in [1.165, 1.54) is 12.1 Å². The van der Waals surface area contributed by atoms with Crippen LogP contribution in [0, 0.1) is 0 Å². The van der Waals surface area contributed by atoms with Gasteiger partial charge in [-0.25, -0.2) is 13.6 Å². The fourth-order valence-electron chi connectivity index (χ4n) is 0.621. The van der Waals surface area contributed by atoms with Gasteiger partial charge < -0.3 is 10.2 Å². The van der Waals surface area contributed by atoms with Crippen LogP contribution in [-0.2, 0) is 16.6 Å². The van der Waals surface area contributed by atoms with Gasteiger partial charge in [-0.15, -0.1) is 12.4 Å². The Morgan fingerprint density at radius 2 is 2.00 bits per heavy atom. The molecule has 0 aliphatic carbocycles. The van der Waals surface area contributed by atoms with E-state index in [4.69, 9.17) is 15.3 Å². The summed E-state index contributed by atoms with van der Waals surface area (Å²) >= 11 is 0. The number of hydrogen-bond acceptors (Lipinski definition) is 4. The first-order valence-corrected chi connectivity index (χ1v) is 4.40. The summed E-state index contributed by atoms with van der Waals surface area (Å²) in [7, 11) is -3.71. The molecule has 0 atom stereocenters. The van der Waals surface area contributed by atoms with Crippen LogP contribution in [0.15, 0.2) is 21.6 Å². The van der Waals surface area contributed by atoms with E-state index >= 15 is 0 Å². The summed E-state index contributed by atoms with van der Waals surface area (Å²) in [6.07, 6.45) is 0. The molecule has 0 aromatic carbocycles. The van der Waals surface area contributed by atoms with Crippen LogP contribution >= 0.6 is 12.4 Å². The topological polar surface area (TPSA) is 99.3 Å². The largest absolute Gasteiger partial charge is 0.447 e. The highest BCUT2D eigenvalue weighted by Gasteiger charge is 2.11. The maximum Gasteiger partial charge on any atom is 0.271 e. The molecular weight excluding hydrogens is 204 g/mol. The second kappa shape index (κ2) is 3.90. The molecular formula is C5H9ClN2O3S. The third-order valence-electron chi connectivity index (χ3n) is 1.12. The molecule has 5 nitrogen and oxygen atoms in total. The molecule has 1 aromatic heterocycles. The number of halogens is 1. The van der Waals surface area contributed by atoms with E-state index in [9.17, 15) is 8.42 Å². The molecule has 12 heavy (non-hydrogen) atoms. The minimum Gasteiger partial charge on any atom is -0.447 e. The summed E-state index contributed by atoms with van der Waals surface area (Å²) in [4.78, 5) is 0. The van der Waals surface area contributed by atoms with Gasteiger partial charge in [-0.05, 0) is 12.1 Å². The van der Waals surface area contributed by atoms with Crippen molar-refractivity contribution in [3.8, 4) is 0 Å². The van der Waals surface area contributed by atoms with E-state index in [1.54, 1.807) is 0 Å². The molecule has 0 amide bonds. The van der Waals surface area contributed by atoms with Gasteiger partial charge >= 0.3 is 0 Å². The van der Waals surface area contributed by atoms with Crippen molar-refractivity contribution in [1.82, 2.24) is 0 Å². The lowest BCUT2D eigenvalue weighted by atomic mass is 10.5. The van der Waals surface area contributed by atoms with Crippen molar-refractivity contribution in [1.29, 1.82) is 0 Å². The zero-order chi connectivity index (χ0) is 8.48. The summed E-state index contributed by atoms with van der Waals surface area (Å²) in [6.45, 7) is 0.162. The molecule has 0 unspecified atom stereocenters. The first-order chi connectivity index (χ1) is 5.04. The van der Waals surface area contributed by atoms with E-state index in [1.807, 2.05) is 0 Å². The van der Waals surface area contributed by atoms with Crippen molar-refractivity contribution in [2.45, 2.75) is 11.6 Å². The Bertz CT molecular complexity index is 345. The van der Waals surface area contributed by atoms with Crippen molar-refractivity contribution >= 4 is 22.4 Å². The number of primary sulfonamides is 1. The minimum absolute atomic E-state index is 0. The standard InChI is InChI=1S/C5H8N2O3S.ClH/c6-3-4-1-2-5(10-4)11(7,8)9;/h1-2H,3,6H2,(H2,7,8,9);1H. The first kappa shape index (κ1) is 11.4. The van der Waals surface area contributed by atoms with E-state index in [0.717, 1.165) is 0 Å². The number of hydrogen-bond donors (Lipinski definition) is 2. The third kappa shape index (κ3) is 2.49. The molecule has 0 aliphatic rings. The predicted octanol–water partition coefficient (Wildman–Crippen LogP) is -0.193. The molecule has 0 saturated carbocycles. The van der Waals surface area contributed by atoms with E-state index in [0.29, 0.717) is 5.76 Å². The maximum atomic E-state index is 10.6. The molecule has 0 saturated heterocycles. The molecule has 7 heteroatoms. The summed E-state index contributed by atoms with van der Waals surface area (Å²) in [5.74, 6) is 0.397. The van der Waals surface area contributed by atoms with Crippen molar-refractivity contribution < 1.29 is 12.8 Å². The first-order valence-electron chi connectivity index (χ1n) is 2.85. The van der Waals surface area contributed by atoms with Crippen LogP contribution in [0.25, 0.3) is 0 Å². The minimum atomic E-state index is -3.71. The molecule has 4 N–H and O–H groups in total. The van der Waals surface area contributed by atoms with Crippen molar-refractivity contribution in [3.63, 3.8) is 0 Å². The Hall–Kier alpha value is -0.560. The molecule has 0 aliphatic heterocycles. The second-order valence-electron chi connectivity index (χ2n) is 1.97. The van der Waals surface area contributed by atoms with Crippen LogP contribution in [0.3, 0.4) is 0 Å². The highest BCUT2D eigenvalue weighted by Crippen LogP contribution is 2.10. The average Bonchev–Trinajstić information content (AvgIpc) is 2.32. The summed E-state index contributed by atoms with van der Waals surface area (Å²) in [5.41, 5.74) is 5.18. The highest BCUT2D eigenvalue weighted by molar-refractivity contribution is 7.89. The molecule has 1 aromatic rings. The summed E-state index contributed by atoms with van der Waals surface area (Å²) in [6, 6.07) is 2.75. The Labute approximate surface area is 76.2 Å². The zero-order valence-electron chi connectivity index (χ0n) is 6.06. The van der Waals surface area contributed by atoms with Gasteiger partial charge in [-0.3, -0.25) is 0 Å². The number of rotatable bonds is 2. The predicted molar refractivity (Wildman–Crippen MR) is 45.2 cm³/mol. The average molecular weight is 213 g/mol. The van der Waals surface area contributed by atoms with Crippen LogP contribution in [0.1, 0.15) is 5.76 Å². The Morgan fingerprint density at radius 3 is 2.25 bits per heavy atom. The third-order valence-corrected chi connectivity index (χ3v) is 1.90. The Balaban J connectivity index is 0.00000121. The van der Waals surface area contributed by atoms with Crippen LogP contribution in [0.4, 0.5) is 0 Å². The normalized spacial score (nSPS) is 10.8. The van der Waals surface area contributed by atoms with E-state index in [-0.39, 0.29) is 24.0 Å². The molecule has 0 radical (unpaired) electrons. The van der Waals surface area contributed by atoms with Crippen molar-refractivity contribution in [2.75, 3.05) is 0 Å². The van der Waals surface area contributed by atoms with Gasteiger partial charge in [0.2, 0.25) is 5.09 Å². The molecule has 70 valence electrons. The SMILES string of the molecule is Cl.NCc1ccc(S(N)(=O)=O)o1.